The first-order chi connectivity index (χ1) is 18.7. The van der Waals surface area contributed by atoms with Crippen molar-refractivity contribution in [3.05, 3.63) is 30.1 Å². The maximum Gasteiger partial charge on any atom is 0.409 e. The SMILES string of the molecule is CCCCCCCCCCCCCCCCCCOC[C@@H]1C[C@@H](COC(=O)N(C)Cc2ccccn2)CO1.I. The maximum atomic E-state index is 12.2. The summed E-state index contributed by atoms with van der Waals surface area (Å²) >= 11 is 0. The summed E-state index contributed by atoms with van der Waals surface area (Å²) in [4.78, 5) is 18.1. The van der Waals surface area contributed by atoms with Crippen LogP contribution in [0.5, 0.6) is 0 Å². The van der Waals surface area contributed by atoms with E-state index in [4.69, 9.17) is 14.2 Å². The molecule has 1 aromatic rings. The Hall–Kier alpha value is -0.930. The molecule has 0 saturated carbocycles. The largest absolute Gasteiger partial charge is 0.449 e. The lowest BCUT2D eigenvalue weighted by molar-refractivity contribution is 0.0146. The van der Waals surface area contributed by atoms with Gasteiger partial charge >= 0.3 is 6.09 Å². The summed E-state index contributed by atoms with van der Waals surface area (Å²) in [6.07, 6.45) is 24.5. The lowest BCUT2D eigenvalue weighted by Gasteiger charge is -2.18. The monoisotopic (exact) mass is 660 g/mol. The molecule has 2 heterocycles. The van der Waals surface area contributed by atoms with Crippen LogP contribution in [-0.4, -0.2) is 55.6 Å². The van der Waals surface area contributed by atoms with Gasteiger partial charge in [-0.05, 0) is 25.0 Å². The van der Waals surface area contributed by atoms with Crippen molar-refractivity contribution in [3.63, 3.8) is 0 Å². The van der Waals surface area contributed by atoms with Gasteiger partial charge in [0.1, 0.15) is 0 Å². The van der Waals surface area contributed by atoms with E-state index in [1.54, 1.807) is 18.1 Å². The van der Waals surface area contributed by atoms with Crippen LogP contribution < -0.4 is 0 Å². The number of amides is 1. The van der Waals surface area contributed by atoms with Gasteiger partial charge in [-0.25, -0.2) is 4.79 Å². The highest BCUT2D eigenvalue weighted by atomic mass is 127. The van der Waals surface area contributed by atoms with Crippen LogP contribution in [0.25, 0.3) is 0 Å². The van der Waals surface area contributed by atoms with Crippen molar-refractivity contribution in [1.82, 2.24) is 9.88 Å². The van der Waals surface area contributed by atoms with Crippen LogP contribution in [0.1, 0.15) is 122 Å². The molecule has 6 nitrogen and oxygen atoms in total. The van der Waals surface area contributed by atoms with Crippen molar-refractivity contribution in [2.75, 3.05) is 33.5 Å². The number of carbonyl (C=O) groups excluding carboxylic acids is 1. The molecule has 1 fully saturated rings. The zero-order valence-electron chi connectivity index (χ0n) is 25.0. The Kier molecular flexibility index (Phi) is 23.0. The number of aromatic nitrogens is 1. The highest BCUT2D eigenvalue weighted by molar-refractivity contribution is 14.0. The fourth-order valence-electron chi connectivity index (χ4n) is 5.08. The molecular formula is C32H57IN2O4. The second kappa shape index (κ2) is 24.8. The van der Waals surface area contributed by atoms with E-state index in [2.05, 4.69) is 11.9 Å². The highest BCUT2D eigenvalue weighted by Gasteiger charge is 2.27. The average molecular weight is 661 g/mol. The molecule has 2 rings (SSSR count). The van der Waals surface area contributed by atoms with E-state index in [9.17, 15) is 4.79 Å². The lowest BCUT2D eigenvalue weighted by Crippen LogP contribution is -2.29. The third-order valence-electron chi connectivity index (χ3n) is 7.49. The Balaban J connectivity index is 0.00000760. The minimum Gasteiger partial charge on any atom is -0.449 e. The van der Waals surface area contributed by atoms with Crippen molar-refractivity contribution in [2.45, 2.75) is 129 Å². The number of unbranched alkanes of at least 4 members (excludes halogenated alkanes) is 15. The molecule has 226 valence electrons. The first kappa shape index (κ1) is 36.1. The smallest absolute Gasteiger partial charge is 0.409 e. The minimum absolute atomic E-state index is 0. The number of ether oxygens (including phenoxy) is 3. The van der Waals surface area contributed by atoms with Gasteiger partial charge in [0, 0.05) is 25.8 Å². The zero-order valence-corrected chi connectivity index (χ0v) is 27.3. The van der Waals surface area contributed by atoms with E-state index in [0.717, 1.165) is 25.1 Å². The molecule has 0 N–H and O–H groups in total. The fourth-order valence-corrected chi connectivity index (χ4v) is 5.08. The standard InChI is InChI=1S/C32H56N2O4.HI/c1-3-4-5-6-7-8-9-10-11-12-13-14-15-16-17-20-23-36-28-31-24-29(26-37-31)27-38-32(35)34(2)25-30-21-18-19-22-33-30;/h18-19,21-22,29,31H,3-17,20,23-28H2,1-2H3;1H/t29-,31+;/m1./s1. The molecule has 7 heteroatoms. The van der Waals surface area contributed by atoms with Gasteiger partial charge < -0.3 is 19.1 Å². The molecular weight excluding hydrogens is 603 g/mol. The molecule has 1 aromatic heterocycles. The Morgan fingerprint density at radius 2 is 1.49 bits per heavy atom. The average Bonchev–Trinajstić information content (AvgIpc) is 3.39. The summed E-state index contributed by atoms with van der Waals surface area (Å²) in [6, 6.07) is 5.68. The molecule has 0 aromatic carbocycles. The van der Waals surface area contributed by atoms with Crippen molar-refractivity contribution in [2.24, 2.45) is 5.92 Å². The van der Waals surface area contributed by atoms with Gasteiger partial charge in [-0.15, -0.1) is 24.0 Å². The van der Waals surface area contributed by atoms with E-state index in [1.807, 2.05) is 18.2 Å². The number of pyridine rings is 1. The van der Waals surface area contributed by atoms with Crippen LogP contribution in [-0.2, 0) is 20.8 Å². The van der Waals surface area contributed by atoms with Crippen LogP contribution >= 0.6 is 24.0 Å². The lowest BCUT2D eigenvalue weighted by atomic mass is 10.0. The van der Waals surface area contributed by atoms with Gasteiger partial charge in [0.15, 0.2) is 0 Å². The molecule has 0 spiro atoms. The van der Waals surface area contributed by atoms with Crippen LogP contribution in [0.2, 0.25) is 0 Å². The van der Waals surface area contributed by atoms with Crippen LogP contribution in [0.15, 0.2) is 24.4 Å². The summed E-state index contributed by atoms with van der Waals surface area (Å²) in [7, 11) is 1.73. The normalized spacial score (nSPS) is 16.7. The third-order valence-corrected chi connectivity index (χ3v) is 7.49. The summed E-state index contributed by atoms with van der Waals surface area (Å²) in [5, 5.41) is 0. The number of rotatable bonds is 23. The van der Waals surface area contributed by atoms with E-state index < -0.39 is 0 Å². The number of carbonyl (C=O) groups is 1. The van der Waals surface area contributed by atoms with Gasteiger partial charge in [0.2, 0.25) is 0 Å². The quantitative estimate of drug-likeness (QED) is 0.0867. The van der Waals surface area contributed by atoms with Gasteiger partial charge in [-0.1, -0.05) is 109 Å². The van der Waals surface area contributed by atoms with Gasteiger partial charge in [0.05, 0.1) is 38.2 Å². The van der Waals surface area contributed by atoms with E-state index in [0.29, 0.717) is 26.4 Å². The molecule has 1 aliphatic heterocycles. The van der Waals surface area contributed by atoms with Gasteiger partial charge in [-0.3, -0.25) is 4.98 Å². The molecule has 1 saturated heterocycles. The van der Waals surface area contributed by atoms with Crippen LogP contribution in [0.3, 0.4) is 0 Å². The molecule has 0 aliphatic carbocycles. The van der Waals surface area contributed by atoms with Crippen LogP contribution in [0.4, 0.5) is 4.79 Å². The topological polar surface area (TPSA) is 60.9 Å². The molecule has 0 unspecified atom stereocenters. The second-order valence-electron chi connectivity index (χ2n) is 11.2. The van der Waals surface area contributed by atoms with Gasteiger partial charge in [-0.2, -0.15) is 0 Å². The maximum absolute atomic E-state index is 12.2. The first-order valence-corrected chi connectivity index (χ1v) is 15.7. The summed E-state index contributed by atoms with van der Waals surface area (Å²) < 4.78 is 17.2. The third kappa shape index (κ3) is 18.9. The zero-order chi connectivity index (χ0) is 27.1. The molecule has 2 atom stereocenters. The van der Waals surface area contributed by atoms with E-state index in [1.165, 1.54) is 96.3 Å². The number of nitrogens with zero attached hydrogens (tertiary/aromatic N) is 2. The van der Waals surface area contributed by atoms with E-state index >= 15 is 0 Å². The molecule has 1 amide bonds. The van der Waals surface area contributed by atoms with Crippen molar-refractivity contribution < 1.29 is 19.0 Å². The summed E-state index contributed by atoms with van der Waals surface area (Å²) in [5.41, 5.74) is 0.845. The summed E-state index contributed by atoms with van der Waals surface area (Å²) in [5.74, 6) is 0.242. The van der Waals surface area contributed by atoms with Gasteiger partial charge in [0.25, 0.3) is 0 Å². The Morgan fingerprint density at radius 1 is 0.897 bits per heavy atom. The Labute approximate surface area is 256 Å². The minimum atomic E-state index is -0.321. The molecule has 0 radical (unpaired) electrons. The Bertz CT molecular complexity index is 694. The number of halogens is 1. The number of hydrogen-bond acceptors (Lipinski definition) is 5. The highest BCUT2D eigenvalue weighted by Crippen LogP contribution is 2.21. The number of hydrogen-bond donors (Lipinski definition) is 0. The molecule has 0 bridgehead atoms. The predicted molar refractivity (Wildman–Crippen MR) is 171 cm³/mol. The van der Waals surface area contributed by atoms with Crippen molar-refractivity contribution in [3.8, 4) is 0 Å². The van der Waals surface area contributed by atoms with Crippen molar-refractivity contribution >= 4 is 30.1 Å². The first-order valence-electron chi connectivity index (χ1n) is 15.7. The fraction of sp³-hybridized carbons (Fsp3) is 0.812. The van der Waals surface area contributed by atoms with E-state index in [-0.39, 0.29) is 42.1 Å². The predicted octanol–water partition coefficient (Wildman–Crippen LogP) is 8.95. The molecule has 39 heavy (non-hydrogen) atoms. The second-order valence-corrected chi connectivity index (χ2v) is 11.2. The Morgan fingerprint density at radius 3 is 2.05 bits per heavy atom. The van der Waals surface area contributed by atoms with Crippen molar-refractivity contribution in [1.29, 1.82) is 0 Å². The molecule has 1 aliphatic rings. The van der Waals surface area contributed by atoms with Crippen LogP contribution in [0, 0.1) is 5.92 Å². The summed E-state index contributed by atoms with van der Waals surface area (Å²) in [6.45, 7) is 5.20.